The van der Waals surface area contributed by atoms with E-state index in [1.165, 1.54) is 35.6 Å². The van der Waals surface area contributed by atoms with Crippen molar-refractivity contribution >= 4 is 11.8 Å². The maximum Gasteiger partial charge on any atom is 0.0992 e. The maximum absolute atomic E-state index is 6.01. The molecule has 1 unspecified atom stereocenters. The number of aromatic nitrogens is 1. The fourth-order valence-electron chi connectivity index (χ4n) is 1.66. The topological polar surface area (TPSA) is 38.9 Å². The molecule has 0 bridgehead atoms. The first-order valence-corrected chi connectivity index (χ1v) is 7.58. The molecule has 3 heteroatoms. The van der Waals surface area contributed by atoms with Gasteiger partial charge in [-0.05, 0) is 36.6 Å². The summed E-state index contributed by atoms with van der Waals surface area (Å²) in [5, 5.41) is 1.17. The Labute approximate surface area is 109 Å². The standard InChI is InChI=1S/C14H24N2S/c1-3-5-6-10-17-14-12(8-7-9-16-14)11-13(15)4-2/h7-9,13H,3-6,10-11,15H2,1-2H3. The Morgan fingerprint density at radius 2 is 2.18 bits per heavy atom. The van der Waals surface area contributed by atoms with Crippen LogP contribution in [0.1, 0.15) is 45.1 Å². The predicted octanol–water partition coefficient (Wildman–Crippen LogP) is 3.64. The van der Waals surface area contributed by atoms with Crippen LogP contribution in [0, 0.1) is 0 Å². The van der Waals surface area contributed by atoms with Crippen LogP contribution in [0.5, 0.6) is 0 Å². The van der Waals surface area contributed by atoms with Gasteiger partial charge in [0.15, 0.2) is 0 Å². The van der Waals surface area contributed by atoms with Gasteiger partial charge in [-0.2, -0.15) is 0 Å². The summed E-state index contributed by atoms with van der Waals surface area (Å²) < 4.78 is 0. The average molecular weight is 252 g/mol. The number of nitrogens with zero attached hydrogens (tertiary/aromatic N) is 1. The molecule has 96 valence electrons. The molecule has 1 rings (SSSR count). The Kier molecular flexibility index (Phi) is 7.29. The normalized spacial score (nSPS) is 12.6. The van der Waals surface area contributed by atoms with Crippen LogP contribution in [0.2, 0.25) is 0 Å². The van der Waals surface area contributed by atoms with E-state index in [0.29, 0.717) is 0 Å². The highest BCUT2D eigenvalue weighted by Crippen LogP contribution is 2.22. The molecule has 0 fully saturated rings. The van der Waals surface area contributed by atoms with Gasteiger partial charge in [0, 0.05) is 12.2 Å². The van der Waals surface area contributed by atoms with E-state index in [-0.39, 0.29) is 6.04 Å². The van der Waals surface area contributed by atoms with Gasteiger partial charge < -0.3 is 5.73 Å². The Hall–Kier alpha value is -0.540. The van der Waals surface area contributed by atoms with Gasteiger partial charge in [-0.3, -0.25) is 0 Å². The molecule has 1 atom stereocenters. The minimum Gasteiger partial charge on any atom is -0.327 e. The van der Waals surface area contributed by atoms with Crippen molar-refractivity contribution in [3.8, 4) is 0 Å². The Balaban J connectivity index is 2.51. The molecule has 0 amide bonds. The highest BCUT2D eigenvalue weighted by atomic mass is 32.2. The third kappa shape index (κ3) is 5.55. The SMILES string of the molecule is CCCCCSc1ncccc1CC(N)CC. The number of nitrogens with two attached hydrogens (primary N) is 1. The van der Waals surface area contributed by atoms with E-state index < -0.39 is 0 Å². The molecular formula is C14H24N2S. The summed E-state index contributed by atoms with van der Waals surface area (Å²) in [5.74, 6) is 1.17. The summed E-state index contributed by atoms with van der Waals surface area (Å²) in [4.78, 5) is 4.47. The van der Waals surface area contributed by atoms with Crippen molar-refractivity contribution in [2.45, 2.75) is 57.0 Å². The lowest BCUT2D eigenvalue weighted by atomic mass is 10.1. The molecule has 2 N–H and O–H groups in total. The highest BCUT2D eigenvalue weighted by Gasteiger charge is 2.07. The summed E-state index contributed by atoms with van der Waals surface area (Å²) in [6, 6.07) is 4.42. The van der Waals surface area contributed by atoms with E-state index in [2.05, 4.69) is 24.9 Å². The van der Waals surface area contributed by atoms with E-state index in [1.54, 1.807) is 0 Å². The van der Waals surface area contributed by atoms with Gasteiger partial charge in [0.25, 0.3) is 0 Å². The van der Waals surface area contributed by atoms with Gasteiger partial charge in [0.2, 0.25) is 0 Å². The number of thioether (sulfide) groups is 1. The second-order valence-corrected chi connectivity index (χ2v) is 5.48. The third-order valence-corrected chi connectivity index (χ3v) is 3.98. The van der Waals surface area contributed by atoms with Crippen molar-refractivity contribution < 1.29 is 0 Å². The van der Waals surface area contributed by atoms with Crippen molar-refractivity contribution in [1.82, 2.24) is 4.98 Å². The summed E-state index contributed by atoms with van der Waals surface area (Å²) >= 11 is 1.87. The smallest absolute Gasteiger partial charge is 0.0992 e. The zero-order valence-corrected chi connectivity index (χ0v) is 11.8. The molecule has 1 aromatic rings. The van der Waals surface area contributed by atoms with Gasteiger partial charge in [-0.1, -0.05) is 32.8 Å². The van der Waals surface area contributed by atoms with Crippen LogP contribution in [-0.2, 0) is 6.42 Å². The molecule has 2 nitrogen and oxygen atoms in total. The quantitative estimate of drug-likeness (QED) is 0.567. The van der Waals surface area contributed by atoms with Gasteiger partial charge >= 0.3 is 0 Å². The minimum atomic E-state index is 0.259. The van der Waals surface area contributed by atoms with Crippen LogP contribution in [0.25, 0.3) is 0 Å². The Morgan fingerprint density at radius 1 is 1.35 bits per heavy atom. The molecule has 0 spiro atoms. The Morgan fingerprint density at radius 3 is 2.88 bits per heavy atom. The van der Waals surface area contributed by atoms with Crippen LogP contribution in [0.15, 0.2) is 23.4 Å². The van der Waals surface area contributed by atoms with Crippen LogP contribution in [0.3, 0.4) is 0 Å². The summed E-state index contributed by atoms with van der Waals surface area (Å²) in [6.45, 7) is 4.37. The molecular weight excluding hydrogens is 228 g/mol. The lowest BCUT2D eigenvalue weighted by Gasteiger charge is -2.11. The second kappa shape index (κ2) is 8.54. The number of hydrogen-bond acceptors (Lipinski definition) is 3. The van der Waals surface area contributed by atoms with Crippen molar-refractivity contribution in [3.63, 3.8) is 0 Å². The van der Waals surface area contributed by atoms with Crippen molar-refractivity contribution in [2.24, 2.45) is 5.73 Å². The zero-order chi connectivity index (χ0) is 12.5. The number of rotatable bonds is 8. The van der Waals surface area contributed by atoms with Crippen molar-refractivity contribution in [3.05, 3.63) is 23.9 Å². The van der Waals surface area contributed by atoms with E-state index in [0.717, 1.165) is 12.8 Å². The highest BCUT2D eigenvalue weighted by molar-refractivity contribution is 7.99. The largest absolute Gasteiger partial charge is 0.327 e. The van der Waals surface area contributed by atoms with Gasteiger partial charge in [-0.15, -0.1) is 11.8 Å². The first-order valence-electron chi connectivity index (χ1n) is 6.60. The fraction of sp³-hybridized carbons (Fsp3) is 0.643. The molecule has 0 aliphatic carbocycles. The van der Waals surface area contributed by atoms with Crippen molar-refractivity contribution in [1.29, 1.82) is 0 Å². The maximum atomic E-state index is 6.01. The first kappa shape index (κ1) is 14.5. The lowest BCUT2D eigenvalue weighted by molar-refractivity contribution is 0.637. The third-order valence-electron chi connectivity index (χ3n) is 2.84. The number of pyridine rings is 1. The number of hydrogen-bond donors (Lipinski definition) is 1. The van der Waals surface area contributed by atoms with Gasteiger partial charge in [-0.25, -0.2) is 4.98 Å². The second-order valence-electron chi connectivity index (χ2n) is 4.40. The van der Waals surface area contributed by atoms with Crippen LogP contribution in [0.4, 0.5) is 0 Å². The van der Waals surface area contributed by atoms with E-state index in [4.69, 9.17) is 5.73 Å². The molecule has 1 heterocycles. The average Bonchev–Trinajstić information content (AvgIpc) is 2.36. The summed E-state index contributed by atoms with van der Waals surface area (Å²) in [7, 11) is 0. The monoisotopic (exact) mass is 252 g/mol. The lowest BCUT2D eigenvalue weighted by Crippen LogP contribution is -2.21. The van der Waals surface area contributed by atoms with Crippen LogP contribution in [-0.4, -0.2) is 16.8 Å². The molecule has 1 aromatic heterocycles. The Bertz CT molecular complexity index is 315. The van der Waals surface area contributed by atoms with E-state index in [9.17, 15) is 0 Å². The van der Waals surface area contributed by atoms with Gasteiger partial charge in [0.05, 0.1) is 5.03 Å². The van der Waals surface area contributed by atoms with E-state index in [1.807, 2.05) is 24.0 Å². The predicted molar refractivity (Wildman–Crippen MR) is 76.5 cm³/mol. The number of unbranched alkanes of at least 4 members (excludes halogenated alkanes) is 2. The molecule has 0 aliphatic heterocycles. The van der Waals surface area contributed by atoms with Crippen LogP contribution >= 0.6 is 11.8 Å². The first-order chi connectivity index (χ1) is 8.27. The van der Waals surface area contributed by atoms with Gasteiger partial charge in [0.1, 0.15) is 0 Å². The zero-order valence-electron chi connectivity index (χ0n) is 11.0. The van der Waals surface area contributed by atoms with Crippen LogP contribution < -0.4 is 5.73 Å². The summed E-state index contributed by atoms with van der Waals surface area (Å²) in [6.07, 6.45) is 7.70. The summed E-state index contributed by atoms with van der Waals surface area (Å²) in [5.41, 5.74) is 7.32. The molecule has 0 saturated carbocycles. The molecule has 0 radical (unpaired) electrons. The van der Waals surface area contributed by atoms with E-state index >= 15 is 0 Å². The van der Waals surface area contributed by atoms with Crippen molar-refractivity contribution in [2.75, 3.05) is 5.75 Å². The molecule has 0 aromatic carbocycles. The molecule has 17 heavy (non-hydrogen) atoms. The molecule has 0 saturated heterocycles. The fourth-order valence-corrected chi connectivity index (χ4v) is 2.67. The molecule has 0 aliphatic rings. The minimum absolute atomic E-state index is 0.259.